The van der Waals surface area contributed by atoms with E-state index in [1.54, 1.807) is 7.11 Å². The number of nitrogens with zero attached hydrogens (tertiary/aromatic N) is 1. The molecule has 1 heterocycles. The van der Waals surface area contributed by atoms with Crippen LogP contribution in [0, 0.1) is 0 Å². The number of amides is 2. The minimum Gasteiger partial charge on any atom is -0.383 e. The molecule has 1 saturated heterocycles. The number of carbonyl (C=O) groups is 2. The monoisotopic (exact) mass is 409 g/mol. The molecule has 24 heavy (non-hydrogen) atoms. The van der Waals surface area contributed by atoms with Crippen LogP contribution in [0.15, 0.2) is 17.1 Å². The molecule has 130 valence electrons. The Morgan fingerprint density at radius 1 is 1.33 bits per heavy atom. The third-order valence-electron chi connectivity index (χ3n) is 2.98. The highest BCUT2D eigenvalue weighted by Crippen LogP contribution is 2.32. The van der Waals surface area contributed by atoms with Crippen LogP contribution < -0.4 is 10.6 Å². The Hall–Kier alpha value is -0.990. The van der Waals surface area contributed by atoms with E-state index in [0.29, 0.717) is 29.0 Å². The van der Waals surface area contributed by atoms with Crippen LogP contribution in [0.2, 0.25) is 15.1 Å². The number of hydrogen-bond acceptors (Lipinski definition) is 5. The number of benzene rings is 1. The summed E-state index contributed by atoms with van der Waals surface area (Å²) >= 11 is 19.0. The zero-order chi connectivity index (χ0) is 17.7. The van der Waals surface area contributed by atoms with E-state index >= 15 is 0 Å². The molecule has 2 amide bonds. The second-order valence-corrected chi connectivity index (χ2v) is 7.19. The van der Waals surface area contributed by atoms with E-state index in [4.69, 9.17) is 39.5 Å². The van der Waals surface area contributed by atoms with E-state index in [2.05, 4.69) is 15.6 Å². The maximum Gasteiger partial charge on any atom is 0.240 e. The summed E-state index contributed by atoms with van der Waals surface area (Å²) in [6.07, 6.45) is -0.0175. The number of anilines is 1. The molecule has 1 aromatic rings. The number of amidine groups is 1. The maximum absolute atomic E-state index is 12.1. The Morgan fingerprint density at radius 3 is 2.75 bits per heavy atom. The number of carbonyl (C=O) groups excluding carboxylic acids is 2. The summed E-state index contributed by atoms with van der Waals surface area (Å²) in [5.41, 5.74) is 0.341. The number of halogens is 3. The maximum atomic E-state index is 12.1. The highest BCUT2D eigenvalue weighted by Gasteiger charge is 2.32. The van der Waals surface area contributed by atoms with Gasteiger partial charge >= 0.3 is 0 Å². The predicted molar refractivity (Wildman–Crippen MR) is 98.4 cm³/mol. The van der Waals surface area contributed by atoms with Crippen LogP contribution in [0.25, 0.3) is 0 Å². The molecule has 0 unspecified atom stereocenters. The molecule has 2 N–H and O–H groups in total. The molecule has 2 rings (SSSR count). The fraction of sp³-hybridized carbons (Fsp3) is 0.357. The fourth-order valence-corrected chi connectivity index (χ4v) is 3.43. The number of ether oxygens (including phenoxy) is 1. The van der Waals surface area contributed by atoms with Crippen LogP contribution in [0.1, 0.15) is 6.42 Å². The van der Waals surface area contributed by atoms with Crippen molar-refractivity contribution in [1.82, 2.24) is 5.32 Å². The van der Waals surface area contributed by atoms with E-state index in [9.17, 15) is 9.59 Å². The predicted octanol–water partition coefficient (Wildman–Crippen LogP) is 3.21. The molecular weight excluding hydrogens is 397 g/mol. The largest absolute Gasteiger partial charge is 0.383 e. The summed E-state index contributed by atoms with van der Waals surface area (Å²) in [5.74, 6) is -0.618. The normalized spacial score (nSPS) is 18.8. The minimum atomic E-state index is -0.548. The van der Waals surface area contributed by atoms with Crippen LogP contribution in [0.5, 0.6) is 0 Å². The summed E-state index contributed by atoms with van der Waals surface area (Å²) < 4.78 is 4.89. The van der Waals surface area contributed by atoms with Crippen LogP contribution >= 0.6 is 46.6 Å². The number of nitrogens with one attached hydrogen (secondary N) is 2. The lowest BCUT2D eigenvalue weighted by atomic mass is 10.2. The van der Waals surface area contributed by atoms with E-state index < -0.39 is 5.25 Å². The highest BCUT2D eigenvalue weighted by molar-refractivity contribution is 8.15. The van der Waals surface area contributed by atoms with E-state index in [1.807, 2.05) is 0 Å². The minimum absolute atomic E-state index is 0.0175. The quantitative estimate of drug-likeness (QED) is 0.557. The lowest BCUT2D eigenvalue weighted by Crippen LogP contribution is -2.28. The molecule has 6 nitrogen and oxygen atoms in total. The molecule has 0 bridgehead atoms. The first-order valence-electron chi connectivity index (χ1n) is 6.86. The standard InChI is InChI=1S/C14H14Cl3N3O3S/c1-23-3-2-18-14-20-13(22)11(24-14)6-12(21)19-10-5-8(16)7(15)4-9(10)17/h4-5,11H,2-3,6H2,1H3,(H,19,21)(H,18,20,22)/t11-/m0/s1. The Bertz CT molecular complexity index is 685. The smallest absolute Gasteiger partial charge is 0.240 e. The van der Waals surface area contributed by atoms with Crippen LogP contribution in [-0.2, 0) is 14.3 Å². The molecule has 10 heteroatoms. The summed E-state index contributed by atoms with van der Waals surface area (Å²) in [6.45, 7) is 0.901. The molecule has 1 fully saturated rings. The van der Waals surface area contributed by atoms with Gasteiger partial charge in [-0.25, -0.2) is 0 Å². The summed E-state index contributed by atoms with van der Waals surface area (Å²) in [5, 5.41) is 6.04. The van der Waals surface area contributed by atoms with Gasteiger partial charge in [-0.15, -0.1) is 0 Å². The number of thioether (sulfide) groups is 1. The van der Waals surface area contributed by atoms with Crippen molar-refractivity contribution in [3.05, 3.63) is 27.2 Å². The molecule has 0 aliphatic carbocycles. The second-order valence-electron chi connectivity index (χ2n) is 4.77. The number of rotatable bonds is 6. The van der Waals surface area contributed by atoms with Gasteiger partial charge in [0.15, 0.2) is 5.17 Å². The number of methoxy groups -OCH3 is 1. The third-order valence-corrected chi connectivity index (χ3v) is 5.14. The average Bonchev–Trinajstić information content (AvgIpc) is 2.85. The molecular formula is C14H14Cl3N3O3S. The van der Waals surface area contributed by atoms with Crippen molar-refractivity contribution < 1.29 is 14.3 Å². The van der Waals surface area contributed by atoms with Crippen molar-refractivity contribution in [2.75, 3.05) is 25.6 Å². The van der Waals surface area contributed by atoms with Gasteiger partial charge in [-0.3, -0.25) is 14.6 Å². The van der Waals surface area contributed by atoms with Gasteiger partial charge in [-0.05, 0) is 12.1 Å². The van der Waals surface area contributed by atoms with Gasteiger partial charge in [0.05, 0.1) is 33.9 Å². The van der Waals surface area contributed by atoms with Gasteiger partial charge in [0.1, 0.15) is 5.25 Å². The van der Waals surface area contributed by atoms with Crippen LogP contribution in [0.3, 0.4) is 0 Å². The first kappa shape index (κ1) is 19.3. The molecule has 0 spiro atoms. The van der Waals surface area contributed by atoms with Gasteiger partial charge in [-0.2, -0.15) is 0 Å². The van der Waals surface area contributed by atoms with Gasteiger partial charge in [0.2, 0.25) is 11.8 Å². The molecule has 1 aromatic carbocycles. The average molecular weight is 411 g/mol. The molecule has 1 aliphatic heterocycles. The van der Waals surface area contributed by atoms with E-state index in [-0.39, 0.29) is 28.3 Å². The van der Waals surface area contributed by atoms with Crippen molar-refractivity contribution in [2.45, 2.75) is 11.7 Å². The second kappa shape index (κ2) is 8.92. The van der Waals surface area contributed by atoms with Crippen LogP contribution in [-0.4, -0.2) is 42.5 Å². The van der Waals surface area contributed by atoms with Gasteiger partial charge < -0.3 is 15.4 Å². The lowest BCUT2D eigenvalue weighted by Gasteiger charge is -2.10. The molecule has 0 saturated carbocycles. The molecule has 0 radical (unpaired) electrons. The highest BCUT2D eigenvalue weighted by atomic mass is 35.5. The van der Waals surface area contributed by atoms with E-state index in [1.165, 1.54) is 23.9 Å². The van der Waals surface area contributed by atoms with Crippen molar-refractivity contribution in [2.24, 2.45) is 4.99 Å². The third kappa shape index (κ3) is 5.26. The lowest BCUT2D eigenvalue weighted by molar-refractivity contribution is -0.122. The summed E-state index contributed by atoms with van der Waals surface area (Å²) in [7, 11) is 1.57. The Labute approximate surface area is 158 Å². The van der Waals surface area contributed by atoms with Crippen molar-refractivity contribution in [1.29, 1.82) is 0 Å². The molecule has 1 atom stereocenters. The van der Waals surface area contributed by atoms with Crippen molar-refractivity contribution in [3.63, 3.8) is 0 Å². The molecule has 1 aliphatic rings. The Kier molecular flexibility index (Phi) is 7.18. The SMILES string of the molecule is COCCN=C1NC(=O)[C@H](CC(=O)Nc2cc(Cl)c(Cl)cc2Cl)S1. The zero-order valence-electron chi connectivity index (χ0n) is 12.6. The fourth-order valence-electron chi connectivity index (χ4n) is 1.84. The number of aliphatic imine (C=N–C) groups is 1. The van der Waals surface area contributed by atoms with Gasteiger partial charge in [-0.1, -0.05) is 46.6 Å². The van der Waals surface area contributed by atoms with Crippen LogP contribution in [0.4, 0.5) is 5.69 Å². The summed E-state index contributed by atoms with van der Waals surface area (Å²) in [6, 6.07) is 2.91. The van der Waals surface area contributed by atoms with Gasteiger partial charge in [0.25, 0.3) is 0 Å². The van der Waals surface area contributed by atoms with Gasteiger partial charge in [0, 0.05) is 13.5 Å². The summed E-state index contributed by atoms with van der Waals surface area (Å²) in [4.78, 5) is 28.2. The number of hydrogen-bond donors (Lipinski definition) is 2. The van der Waals surface area contributed by atoms with Crippen molar-refractivity contribution in [3.8, 4) is 0 Å². The Morgan fingerprint density at radius 2 is 2.04 bits per heavy atom. The topological polar surface area (TPSA) is 79.8 Å². The molecule has 0 aromatic heterocycles. The zero-order valence-corrected chi connectivity index (χ0v) is 15.7. The Balaban J connectivity index is 1.94. The first-order chi connectivity index (χ1) is 11.4. The van der Waals surface area contributed by atoms with E-state index in [0.717, 1.165) is 0 Å². The van der Waals surface area contributed by atoms with Crippen molar-refractivity contribution >= 4 is 69.2 Å². The first-order valence-corrected chi connectivity index (χ1v) is 8.87.